The van der Waals surface area contributed by atoms with E-state index in [9.17, 15) is 4.79 Å². The summed E-state index contributed by atoms with van der Waals surface area (Å²) in [6.07, 6.45) is 0.980. The molecule has 0 aliphatic heterocycles. The van der Waals surface area contributed by atoms with Crippen molar-refractivity contribution in [1.29, 1.82) is 0 Å². The van der Waals surface area contributed by atoms with Gasteiger partial charge in [0.25, 0.3) is 0 Å². The van der Waals surface area contributed by atoms with Crippen LogP contribution in [0.1, 0.15) is 5.82 Å². The van der Waals surface area contributed by atoms with Gasteiger partial charge in [0.2, 0.25) is 0 Å². The minimum Gasteiger partial charge on any atom is -0.453 e. The van der Waals surface area contributed by atoms with Crippen molar-refractivity contribution in [1.82, 2.24) is 15.0 Å². The molecule has 1 N–H and O–H groups in total. The van der Waals surface area contributed by atoms with Gasteiger partial charge < -0.3 is 4.74 Å². The molecule has 0 unspecified atom stereocenters. The summed E-state index contributed by atoms with van der Waals surface area (Å²) in [6.45, 7) is 1.75. The maximum absolute atomic E-state index is 11.1. The zero-order valence-electron chi connectivity index (χ0n) is 10.3. The molecule has 1 amide bonds. The number of rotatable bonds is 2. The fraction of sp³-hybridized carbons (Fsp3) is 0.167. The first kappa shape index (κ1) is 13.2. The standard InChI is InChI=1S/C12H11ClN4O2/c1-7-15-9(6-10(13)16-7)8-3-4-14-11(5-8)17-12(18)19-2/h3-6H,1-2H3,(H,14,17,18). The summed E-state index contributed by atoms with van der Waals surface area (Å²) in [7, 11) is 1.28. The quantitative estimate of drug-likeness (QED) is 0.855. The van der Waals surface area contributed by atoms with Gasteiger partial charge in [0, 0.05) is 17.8 Å². The highest BCUT2D eigenvalue weighted by atomic mass is 35.5. The molecule has 0 saturated heterocycles. The van der Waals surface area contributed by atoms with Crippen molar-refractivity contribution in [3.63, 3.8) is 0 Å². The van der Waals surface area contributed by atoms with Gasteiger partial charge in [0.15, 0.2) is 0 Å². The second-order valence-corrected chi connectivity index (χ2v) is 4.06. The Kier molecular flexibility index (Phi) is 3.91. The van der Waals surface area contributed by atoms with Crippen LogP contribution >= 0.6 is 11.6 Å². The summed E-state index contributed by atoms with van der Waals surface area (Å²) in [5, 5.41) is 2.85. The third-order valence-electron chi connectivity index (χ3n) is 2.28. The van der Waals surface area contributed by atoms with Crippen molar-refractivity contribution in [2.75, 3.05) is 12.4 Å². The lowest BCUT2D eigenvalue weighted by atomic mass is 10.2. The van der Waals surface area contributed by atoms with Crippen LogP contribution in [0, 0.1) is 6.92 Å². The lowest BCUT2D eigenvalue weighted by Gasteiger charge is -2.06. The number of hydrogen-bond donors (Lipinski definition) is 1. The average molecular weight is 279 g/mol. The van der Waals surface area contributed by atoms with E-state index in [1.165, 1.54) is 7.11 Å². The average Bonchev–Trinajstić information content (AvgIpc) is 2.38. The summed E-state index contributed by atoms with van der Waals surface area (Å²) in [4.78, 5) is 23.4. The number of halogens is 1. The number of ether oxygens (including phenoxy) is 1. The molecule has 0 aromatic carbocycles. The Labute approximate surface area is 114 Å². The number of aryl methyl sites for hydroxylation is 1. The first-order chi connectivity index (χ1) is 9.08. The highest BCUT2D eigenvalue weighted by Gasteiger charge is 2.07. The summed E-state index contributed by atoms with van der Waals surface area (Å²) in [6, 6.07) is 5.08. The SMILES string of the molecule is COC(=O)Nc1cc(-c2cc(Cl)nc(C)n2)ccn1. The van der Waals surface area contributed by atoms with Crippen molar-refractivity contribution in [2.24, 2.45) is 0 Å². The first-order valence-corrected chi connectivity index (χ1v) is 5.79. The van der Waals surface area contributed by atoms with Crippen LogP contribution in [0.4, 0.5) is 10.6 Å². The van der Waals surface area contributed by atoms with Gasteiger partial charge in [-0.3, -0.25) is 5.32 Å². The predicted octanol–water partition coefficient (Wildman–Crippen LogP) is 2.68. The molecule has 2 rings (SSSR count). The van der Waals surface area contributed by atoms with Crippen molar-refractivity contribution >= 4 is 23.5 Å². The second kappa shape index (κ2) is 5.62. The molecule has 7 heteroatoms. The Morgan fingerprint density at radius 1 is 1.37 bits per heavy atom. The van der Waals surface area contributed by atoms with Crippen molar-refractivity contribution in [3.8, 4) is 11.3 Å². The van der Waals surface area contributed by atoms with Gasteiger partial charge >= 0.3 is 6.09 Å². The molecule has 2 aromatic rings. The molecule has 2 aromatic heterocycles. The molecule has 0 fully saturated rings. The van der Waals surface area contributed by atoms with E-state index in [1.54, 1.807) is 31.3 Å². The van der Waals surface area contributed by atoms with Crippen molar-refractivity contribution < 1.29 is 9.53 Å². The number of hydrogen-bond acceptors (Lipinski definition) is 5. The molecule has 0 radical (unpaired) electrons. The summed E-state index contributed by atoms with van der Waals surface area (Å²) >= 11 is 5.89. The molecule has 0 saturated carbocycles. The van der Waals surface area contributed by atoms with Crippen molar-refractivity contribution in [3.05, 3.63) is 35.4 Å². The molecular weight excluding hydrogens is 268 g/mol. The Hall–Kier alpha value is -2.21. The van der Waals surface area contributed by atoms with E-state index in [4.69, 9.17) is 11.6 Å². The van der Waals surface area contributed by atoms with Crippen LogP contribution in [-0.4, -0.2) is 28.2 Å². The van der Waals surface area contributed by atoms with Gasteiger partial charge in [-0.15, -0.1) is 0 Å². The number of pyridine rings is 1. The van der Waals surface area contributed by atoms with E-state index >= 15 is 0 Å². The zero-order valence-corrected chi connectivity index (χ0v) is 11.1. The van der Waals surface area contributed by atoms with Crippen LogP contribution in [0.2, 0.25) is 5.15 Å². The van der Waals surface area contributed by atoms with Crippen LogP contribution in [0.5, 0.6) is 0 Å². The third kappa shape index (κ3) is 3.38. The van der Waals surface area contributed by atoms with E-state index in [-0.39, 0.29) is 0 Å². The molecule has 2 heterocycles. The van der Waals surface area contributed by atoms with Crippen LogP contribution in [-0.2, 0) is 4.74 Å². The molecule has 0 spiro atoms. The Balaban J connectivity index is 2.34. The number of methoxy groups -OCH3 is 1. The van der Waals surface area contributed by atoms with E-state index in [0.29, 0.717) is 22.5 Å². The first-order valence-electron chi connectivity index (χ1n) is 5.41. The lowest BCUT2D eigenvalue weighted by molar-refractivity contribution is 0.187. The van der Waals surface area contributed by atoms with Gasteiger partial charge in [-0.1, -0.05) is 11.6 Å². The molecule has 0 aliphatic rings. The number of anilines is 1. The van der Waals surface area contributed by atoms with Crippen LogP contribution in [0.25, 0.3) is 11.3 Å². The largest absolute Gasteiger partial charge is 0.453 e. The monoisotopic (exact) mass is 278 g/mol. The highest BCUT2D eigenvalue weighted by Crippen LogP contribution is 2.21. The van der Waals surface area contributed by atoms with Crippen LogP contribution < -0.4 is 5.32 Å². The van der Waals surface area contributed by atoms with E-state index in [2.05, 4.69) is 25.0 Å². The smallest absolute Gasteiger partial charge is 0.412 e. The predicted molar refractivity (Wildman–Crippen MR) is 71.0 cm³/mol. The maximum atomic E-state index is 11.1. The van der Waals surface area contributed by atoms with Gasteiger partial charge in [-0.2, -0.15) is 0 Å². The van der Waals surface area contributed by atoms with Gasteiger partial charge in [0.05, 0.1) is 12.8 Å². The number of nitrogens with one attached hydrogen (secondary N) is 1. The third-order valence-corrected chi connectivity index (χ3v) is 2.47. The van der Waals surface area contributed by atoms with Gasteiger partial charge in [-0.25, -0.2) is 19.7 Å². The normalized spacial score (nSPS) is 10.1. The second-order valence-electron chi connectivity index (χ2n) is 3.67. The molecule has 19 heavy (non-hydrogen) atoms. The number of aromatic nitrogens is 3. The number of carbonyl (C=O) groups excluding carboxylic acids is 1. The molecule has 0 atom stereocenters. The number of carbonyl (C=O) groups is 1. The van der Waals surface area contributed by atoms with E-state index in [0.717, 1.165) is 5.56 Å². The Morgan fingerprint density at radius 3 is 2.84 bits per heavy atom. The fourth-order valence-electron chi connectivity index (χ4n) is 1.49. The summed E-state index contributed by atoms with van der Waals surface area (Å²) in [5.74, 6) is 0.943. The molecule has 98 valence electrons. The number of amides is 1. The van der Waals surface area contributed by atoms with Crippen LogP contribution in [0.3, 0.4) is 0 Å². The molecular formula is C12H11ClN4O2. The minimum atomic E-state index is -0.582. The van der Waals surface area contributed by atoms with E-state index < -0.39 is 6.09 Å². The van der Waals surface area contributed by atoms with Crippen molar-refractivity contribution in [2.45, 2.75) is 6.92 Å². The maximum Gasteiger partial charge on any atom is 0.412 e. The lowest BCUT2D eigenvalue weighted by Crippen LogP contribution is -2.12. The van der Waals surface area contributed by atoms with Gasteiger partial charge in [-0.05, 0) is 19.1 Å². The summed E-state index contributed by atoms with van der Waals surface area (Å²) < 4.78 is 4.50. The Morgan fingerprint density at radius 2 is 2.16 bits per heavy atom. The molecule has 0 aliphatic carbocycles. The fourth-order valence-corrected chi connectivity index (χ4v) is 1.72. The summed E-state index contributed by atoms with van der Waals surface area (Å²) in [5.41, 5.74) is 1.43. The molecule has 6 nitrogen and oxygen atoms in total. The Bertz CT molecular complexity index is 598. The van der Waals surface area contributed by atoms with E-state index in [1.807, 2.05) is 0 Å². The van der Waals surface area contributed by atoms with Crippen LogP contribution in [0.15, 0.2) is 24.4 Å². The molecule has 0 bridgehead atoms. The topological polar surface area (TPSA) is 77.0 Å². The van der Waals surface area contributed by atoms with Gasteiger partial charge in [0.1, 0.15) is 16.8 Å². The zero-order chi connectivity index (χ0) is 13.8. The number of nitrogens with zero attached hydrogens (tertiary/aromatic N) is 3. The minimum absolute atomic E-state index is 0.363. The highest BCUT2D eigenvalue weighted by molar-refractivity contribution is 6.29.